The van der Waals surface area contributed by atoms with E-state index in [2.05, 4.69) is 4.72 Å². The Morgan fingerprint density at radius 1 is 1.47 bits per heavy atom. The van der Waals surface area contributed by atoms with Crippen LogP contribution in [0.4, 0.5) is 11.4 Å². The number of nitrogens with two attached hydrogens (primary N) is 1. The van der Waals surface area contributed by atoms with Crippen LogP contribution in [0.15, 0.2) is 23.1 Å². The molecule has 3 N–H and O–H groups in total. The van der Waals surface area contributed by atoms with Gasteiger partial charge in [-0.3, -0.25) is 10.1 Å². The fourth-order valence-electron chi connectivity index (χ4n) is 1.95. The Labute approximate surface area is 111 Å². The van der Waals surface area contributed by atoms with Gasteiger partial charge in [0.1, 0.15) is 5.69 Å². The highest BCUT2D eigenvalue weighted by Crippen LogP contribution is 2.34. The summed E-state index contributed by atoms with van der Waals surface area (Å²) in [5.41, 5.74) is 4.76. The zero-order valence-corrected chi connectivity index (χ0v) is 11.2. The highest BCUT2D eigenvalue weighted by atomic mass is 32.2. The minimum Gasteiger partial charge on any atom is -0.393 e. The fourth-order valence-corrected chi connectivity index (χ4v) is 3.47. The lowest BCUT2D eigenvalue weighted by molar-refractivity contribution is -0.386. The van der Waals surface area contributed by atoms with E-state index in [1.807, 2.05) is 0 Å². The zero-order chi connectivity index (χ0) is 14.2. The van der Waals surface area contributed by atoms with Crippen LogP contribution >= 0.6 is 0 Å². The van der Waals surface area contributed by atoms with E-state index < -0.39 is 20.6 Å². The van der Waals surface area contributed by atoms with Gasteiger partial charge in [0.05, 0.1) is 4.92 Å². The van der Waals surface area contributed by atoms with Crippen LogP contribution in [0.1, 0.15) is 19.8 Å². The van der Waals surface area contributed by atoms with Gasteiger partial charge in [0, 0.05) is 6.04 Å². The number of hydrogen-bond acceptors (Lipinski definition) is 5. The molecule has 1 saturated carbocycles. The van der Waals surface area contributed by atoms with E-state index in [0.29, 0.717) is 5.92 Å². The van der Waals surface area contributed by atoms with Crippen LogP contribution in [0.2, 0.25) is 0 Å². The monoisotopic (exact) mass is 285 g/mol. The molecule has 8 heteroatoms. The van der Waals surface area contributed by atoms with Gasteiger partial charge < -0.3 is 5.73 Å². The van der Waals surface area contributed by atoms with Gasteiger partial charge in [-0.25, -0.2) is 13.1 Å². The van der Waals surface area contributed by atoms with Crippen molar-refractivity contribution in [1.82, 2.24) is 4.72 Å². The third-order valence-electron chi connectivity index (χ3n) is 3.17. The van der Waals surface area contributed by atoms with Gasteiger partial charge in [-0.2, -0.15) is 0 Å². The smallest absolute Gasteiger partial charge is 0.312 e. The number of hydrogen-bond donors (Lipinski definition) is 2. The standard InChI is InChI=1S/C11H15N3O4S/c1-7(8-5-6-8)13-19(17,18)10-4-2-3-9(12)11(10)14(15)16/h2-4,7-8,13H,5-6,12H2,1H3. The average molecular weight is 285 g/mol. The summed E-state index contributed by atoms with van der Waals surface area (Å²) < 4.78 is 26.8. The molecule has 7 nitrogen and oxygen atoms in total. The lowest BCUT2D eigenvalue weighted by Crippen LogP contribution is -2.34. The van der Waals surface area contributed by atoms with Crippen molar-refractivity contribution in [3.05, 3.63) is 28.3 Å². The van der Waals surface area contributed by atoms with E-state index in [1.54, 1.807) is 6.92 Å². The summed E-state index contributed by atoms with van der Waals surface area (Å²) in [5, 5.41) is 11.0. The number of nitrogen functional groups attached to an aromatic ring is 1. The normalized spacial score (nSPS) is 17.1. The van der Waals surface area contributed by atoms with Crippen molar-refractivity contribution in [3.63, 3.8) is 0 Å². The van der Waals surface area contributed by atoms with Crippen LogP contribution in [0, 0.1) is 16.0 Å². The van der Waals surface area contributed by atoms with E-state index in [1.165, 1.54) is 18.2 Å². The number of anilines is 1. The van der Waals surface area contributed by atoms with E-state index in [4.69, 9.17) is 5.73 Å². The second-order valence-corrected chi connectivity index (χ2v) is 6.38. The second-order valence-electron chi connectivity index (χ2n) is 4.70. The van der Waals surface area contributed by atoms with Crippen molar-refractivity contribution < 1.29 is 13.3 Å². The molecule has 1 aromatic rings. The largest absolute Gasteiger partial charge is 0.393 e. The first-order chi connectivity index (χ1) is 8.83. The molecule has 1 aliphatic carbocycles. The van der Waals surface area contributed by atoms with Crippen LogP contribution in [0.5, 0.6) is 0 Å². The first kappa shape index (κ1) is 13.8. The Morgan fingerprint density at radius 3 is 2.63 bits per heavy atom. The predicted molar refractivity (Wildman–Crippen MR) is 70.0 cm³/mol. The molecule has 0 aliphatic heterocycles. The number of rotatable bonds is 5. The molecule has 0 bridgehead atoms. The van der Waals surface area contributed by atoms with E-state index in [9.17, 15) is 18.5 Å². The van der Waals surface area contributed by atoms with Gasteiger partial charge in [0.2, 0.25) is 10.0 Å². The first-order valence-corrected chi connectivity index (χ1v) is 7.36. The summed E-state index contributed by atoms with van der Waals surface area (Å²) in [6.07, 6.45) is 1.95. The minimum atomic E-state index is -3.93. The Balaban J connectivity index is 2.39. The van der Waals surface area contributed by atoms with Crippen molar-refractivity contribution in [1.29, 1.82) is 0 Å². The van der Waals surface area contributed by atoms with Crippen molar-refractivity contribution in [2.75, 3.05) is 5.73 Å². The molecule has 104 valence electrons. The fraction of sp³-hybridized carbons (Fsp3) is 0.455. The van der Waals surface area contributed by atoms with Gasteiger partial charge in [0.15, 0.2) is 4.90 Å². The third-order valence-corrected chi connectivity index (χ3v) is 4.76. The van der Waals surface area contributed by atoms with Crippen molar-refractivity contribution in [2.45, 2.75) is 30.7 Å². The van der Waals surface area contributed by atoms with Crippen LogP contribution in [-0.4, -0.2) is 19.4 Å². The van der Waals surface area contributed by atoms with Gasteiger partial charge in [-0.05, 0) is 37.8 Å². The number of benzene rings is 1. The third kappa shape index (κ3) is 2.85. The molecular weight excluding hydrogens is 270 g/mol. The number of nitrogens with zero attached hydrogens (tertiary/aromatic N) is 1. The lowest BCUT2D eigenvalue weighted by Gasteiger charge is -2.13. The molecule has 1 fully saturated rings. The number of sulfonamides is 1. The molecule has 0 radical (unpaired) electrons. The SMILES string of the molecule is CC(NS(=O)(=O)c1cccc(N)c1[N+](=O)[O-])C1CC1. The van der Waals surface area contributed by atoms with Gasteiger partial charge in [-0.1, -0.05) is 6.07 Å². The quantitative estimate of drug-likeness (QED) is 0.480. The van der Waals surface area contributed by atoms with Crippen LogP contribution < -0.4 is 10.5 Å². The molecule has 0 aromatic heterocycles. The molecule has 1 aromatic carbocycles. The second kappa shape index (κ2) is 4.78. The number of nitro benzene ring substituents is 1. The van der Waals surface area contributed by atoms with Gasteiger partial charge in [0.25, 0.3) is 0 Å². The Kier molecular flexibility index (Phi) is 3.46. The summed E-state index contributed by atoms with van der Waals surface area (Å²) in [5.74, 6) is 0.315. The highest BCUT2D eigenvalue weighted by Gasteiger charge is 2.34. The van der Waals surface area contributed by atoms with E-state index >= 15 is 0 Å². The maximum atomic E-state index is 12.2. The molecule has 2 rings (SSSR count). The van der Waals surface area contributed by atoms with Gasteiger partial charge in [-0.15, -0.1) is 0 Å². The van der Waals surface area contributed by atoms with Crippen LogP contribution in [-0.2, 0) is 10.0 Å². The molecule has 1 aliphatic rings. The molecule has 0 spiro atoms. The molecule has 1 atom stereocenters. The number of para-hydroxylation sites is 1. The summed E-state index contributed by atoms with van der Waals surface area (Å²) in [6, 6.07) is 3.65. The Bertz CT molecular complexity index is 610. The molecule has 0 saturated heterocycles. The molecule has 0 amide bonds. The average Bonchev–Trinajstić information content (AvgIpc) is 3.11. The number of nitro groups is 1. The maximum Gasteiger partial charge on any atom is 0.312 e. The summed E-state index contributed by atoms with van der Waals surface area (Å²) >= 11 is 0. The van der Waals surface area contributed by atoms with Crippen molar-refractivity contribution >= 4 is 21.4 Å². The number of nitrogens with one attached hydrogen (secondary N) is 1. The van der Waals surface area contributed by atoms with Crippen molar-refractivity contribution in [2.24, 2.45) is 5.92 Å². The van der Waals surface area contributed by atoms with Crippen molar-refractivity contribution in [3.8, 4) is 0 Å². The van der Waals surface area contributed by atoms with E-state index in [0.717, 1.165) is 12.8 Å². The van der Waals surface area contributed by atoms with E-state index in [-0.39, 0.29) is 16.6 Å². The maximum absolute atomic E-state index is 12.2. The van der Waals surface area contributed by atoms with Gasteiger partial charge >= 0.3 is 5.69 Å². The minimum absolute atomic E-state index is 0.160. The topological polar surface area (TPSA) is 115 Å². The molecular formula is C11H15N3O4S. The van der Waals surface area contributed by atoms with Crippen LogP contribution in [0.3, 0.4) is 0 Å². The zero-order valence-electron chi connectivity index (χ0n) is 10.4. The molecule has 19 heavy (non-hydrogen) atoms. The predicted octanol–water partition coefficient (Wildman–Crippen LogP) is 1.25. The molecule has 1 unspecified atom stereocenters. The molecule has 0 heterocycles. The Morgan fingerprint density at radius 2 is 2.11 bits per heavy atom. The lowest BCUT2D eigenvalue weighted by atomic mass is 10.2. The summed E-state index contributed by atoms with van der Waals surface area (Å²) in [7, 11) is -3.93. The van der Waals surface area contributed by atoms with Crippen LogP contribution in [0.25, 0.3) is 0 Å². The Hall–Kier alpha value is -1.67. The summed E-state index contributed by atoms with van der Waals surface area (Å²) in [4.78, 5) is 9.80. The summed E-state index contributed by atoms with van der Waals surface area (Å²) in [6.45, 7) is 1.76. The first-order valence-electron chi connectivity index (χ1n) is 5.88. The highest BCUT2D eigenvalue weighted by molar-refractivity contribution is 7.89.